The van der Waals surface area contributed by atoms with Gasteiger partial charge in [0.05, 0.1) is 16.1 Å². The summed E-state index contributed by atoms with van der Waals surface area (Å²) >= 11 is 9.49. The highest BCUT2D eigenvalue weighted by Gasteiger charge is 2.34. The number of anilines is 1. The predicted molar refractivity (Wildman–Crippen MR) is 163 cm³/mol. The number of aromatic nitrogens is 1. The van der Waals surface area contributed by atoms with Crippen molar-refractivity contribution >= 4 is 61.5 Å². The Labute approximate surface area is 251 Å². The van der Waals surface area contributed by atoms with Gasteiger partial charge in [0.25, 0.3) is 17.5 Å². The highest BCUT2D eigenvalue weighted by molar-refractivity contribution is 9.10. The van der Waals surface area contributed by atoms with E-state index < -0.39 is 4.92 Å². The van der Waals surface area contributed by atoms with Crippen molar-refractivity contribution in [2.45, 2.75) is 63.7 Å². The molecule has 1 saturated heterocycles. The first-order valence-electron chi connectivity index (χ1n) is 13.7. The lowest BCUT2D eigenvalue weighted by Crippen LogP contribution is -2.56. The van der Waals surface area contributed by atoms with E-state index in [1.165, 1.54) is 12.3 Å². The quantitative estimate of drug-likeness (QED) is 0.238. The molecular formula is C29H32BrClN6O4. The van der Waals surface area contributed by atoms with Gasteiger partial charge in [-0.2, -0.15) is 0 Å². The van der Waals surface area contributed by atoms with Crippen LogP contribution >= 0.6 is 27.5 Å². The van der Waals surface area contributed by atoms with E-state index in [1.807, 2.05) is 13.8 Å². The summed E-state index contributed by atoms with van der Waals surface area (Å²) in [5, 5.41) is 24.1. The minimum absolute atomic E-state index is 0.0961. The van der Waals surface area contributed by atoms with Gasteiger partial charge in [0, 0.05) is 70.6 Å². The molecule has 1 aromatic heterocycles. The molecule has 1 aliphatic heterocycles. The van der Waals surface area contributed by atoms with Crippen molar-refractivity contribution in [2.24, 2.45) is 0 Å². The Morgan fingerprint density at radius 3 is 2.49 bits per heavy atom. The molecule has 12 heteroatoms. The number of nitrogens with one attached hydrogen (secondary N) is 3. The number of piperazine rings is 1. The lowest BCUT2D eigenvalue weighted by atomic mass is 9.89. The number of hydrogen-bond acceptors (Lipinski definition) is 7. The molecule has 3 aromatic rings. The van der Waals surface area contributed by atoms with Crippen molar-refractivity contribution in [3.05, 3.63) is 73.5 Å². The van der Waals surface area contributed by atoms with Gasteiger partial charge in [-0.05, 0) is 50.3 Å². The van der Waals surface area contributed by atoms with Gasteiger partial charge in [0.2, 0.25) is 0 Å². The summed E-state index contributed by atoms with van der Waals surface area (Å²) < 4.78 is 0.450. The third-order valence-corrected chi connectivity index (χ3v) is 8.42. The van der Waals surface area contributed by atoms with Crippen molar-refractivity contribution in [1.29, 1.82) is 0 Å². The second-order valence-electron chi connectivity index (χ2n) is 11.0. The van der Waals surface area contributed by atoms with Crippen molar-refractivity contribution < 1.29 is 14.5 Å². The molecule has 2 aliphatic rings. The van der Waals surface area contributed by atoms with Crippen LogP contribution in [0.3, 0.4) is 0 Å². The fourth-order valence-electron chi connectivity index (χ4n) is 5.96. The first kappa shape index (κ1) is 29.2. The average Bonchev–Trinajstić information content (AvgIpc) is 2.93. The number of amides is 2. The van der Waals surface area contributed by atoms with Crippen LogP contribution in [-0.4, -0.2) is 63.9 Å². The second-order valence-corrected chi connectivity index (χ2v) is 12.3. The Morgan fingerprint density at radius 1 is 1.07 bits per heavy atom. The molecule has 216 valence electrons. The van der Waals surface area contributed by atoms with Gasteiger partial charge in [0.15, 0.2) is 0 Å². The van der Waals surface area contributed by atoms with Crippen molar-refractivity contribution in [3.8, 4) is 0 Å². The predicted octanol–water partition coefficient (Wildman–Crippen LogP) is 5.53. The molecule has 0 radical (unpaired) electrons. The smallest absolute Gasteiger partial charge is 0.294 e. The van der Waals surface area contributed by atoms with Crippen molar-refractivity contribution in [1.82, 2.24) is 20.5 Å². The number of fused-ring (bicyclic) bond motifs is 1. The molecule has 1 aliphatic carbocycles. The maximum Gasteiger partial charge on any atom is 0.294 e. The molecule has 2 amide bonds. The van der Waals surface area contributed by atoms with E-state index >= 15 is 0 Å². The first-order chi connectivity index (χ1) is 19.6. The SMILES string of the molecule is C[C@@H]1CN(C(=O)c2cc(Br)cc([N+](=O)[O-])c2N[C@@H]2CCCC[C@@H]2NC(=O)c2cncc3cc(Cl)ccc23)C[C@H](C)N1. The van der Waals surface area contributed by atoms with Crippen LogP contribution in [0.25, 0.3) is 10.8 Å². The largest absolute Gasteiger partial charge is 0.374 e. The normalized spacial score (nSPS) is 22.8. The Kier molecular flexibility index (Phi) is 8.77. The molecule has 1 saturated carbocycles. The summed E-state index contributed by atoms with van der Waals surface area (Å²) in [6.45, 7) is 5.01. The Balaban J connectivity index is 1.45. The summed E-state index contributed by atoms with van der Waals surface area (Å²) in [4.78, 5) is 45.0. The summed E-state index contributed by atoms with van der Waals surface area (Å²) in [6.07, 6.45) is 6.34. The molecule has 4 atom stereocenters. The fourth-order valence-corrected chi connectivity index (χ4v) is 6.58. The average molecular weight is 644 g/mol. The van der Waals surface area contributed by atoms with Crippen LogP contribution in [0.4, 0.5) is 11.4 Å². The highest BCUT2D eigenvalue weighted by atomic mass is 79.9. The summed E-state index contributed by atoms with van der Waals surface area (Å²) in [7, 11) is 0. The van der Waals surface area contributed by atoms with Crippen LogP contribution in [0, 0.1) is 10.1 Å². The number of halogens is 2. The molecule has 2 aromatic carbocycles. The monoisotopic (exact) mass is 642 g/mol. The number of nitro groups is 1. The van der Waals surface area contributed by atoms with Gasteiger partial charge in [-0.15, -0.1) is 0 Å². The lowest BCUT2D eigenvalue weighted by Gasteiger charge is -2.37. The minimum Gasteiger partial charge on any atom is -0.374 e. The van der Waals surface area contributed by atoms with Crippen LogP contribution < -0.4 is 16.0 Å². The molecule has 0 bridgehead atoms. The summed E-state index contributed by atoms with van der Waals surface area (Å²) in [6, 6.07) is 7.89. The Morgan fingerprint density at radius 2 is 1.78 bits per heavy atom. The van der Waals surface area contributed by atoms with E-state index in [0.29, 0.717) is 41.0 Å². The minimum atomic E-state index is -0.476. The van der Waals surface area contributed by atoms with Crippen LogP contribution in [0.5, 0.6) is 0 Å². The van der Waals surface area contributed by atoms with Crippen LogP contribution in [0.15, 0.2) is 47.2 Å². The third kappa shape index (κ3) is 6.47. The number of pyridine rings is 1. The molecule has 10 nitrogen and oxygen atoms in total. The zero-order valence-corrected chi connectivity index (χ0v) is 25.2. The Hall–Kier alpha value is -3.28. The highest BCUT2D eigenvalue weighted by Crippen LogP contribution is 2.36. The van der Waals surface area contributed by atoms with Gasteiger partial charge in [0.1, 0.15) is 5.69 Å². The number of nitrogens with zero attached hydrogens (tertiary/aromatic N) is 3. The van der Waals surface area contributed by atoms with Crippen LogP contribution in [0.1, 0.15) is 60.2 Å². The number of carbonyl (C=O) groups is 2. The molecule has 3 N–H and O–H groups in total. The number of carbonyl (C=O) groups excluding carboxylic acids is 2. The maximum absolute atomic E-state index is 13.8. The fraction of sp³-hybridized carbons (Fsp3) is 0.414. The maximum atomic E-state index is 13.8. The molecular weight excluding hydrogens is 612 g/mol. The molecule has 5 rings (SSSR count). The van der Waals surface area contributed by atoms with E-state index in [-0.39, 0.29) is 52.9 Å². The van der Waals surface area contributed by atoms with Crippen molar-refractivity contribution in [3.63, 3.8) is 0 Å². The first-order valence-corrected chi connectivity index (χ1v) is 14.9. The van der Waals surface area contributed by atoms with Crippen LogP contribution in [-0.2, 0) is 0 Å². The third-order valence-electron chi connectivity index (χ3n) is 7.73. The van der Waals surface area contributed by atoms with Crippen molar-refractivity contribution in [2.75, 3.05) is 18.4 Å². The van der Waals surface area contributed by atoms with Gasteiger partial charge < -0.3 is 20.9 Å². The topological polar surface area (TPSA) is 130 Å². The van der Waals surface area contributed by atoms with Gasteiger partial charge in [-0.25, -0.2) is 0 Å². The van der Waals surface area contributed by atoms with E-state index in [9.17, 15) is 19.7 Å². The van der Waals surface area contributed by atoms with Gasteiger partial charge in [-0.3, -0.25) is 24.7 Å². The molecule has 0 spiro atoms. The van der Waals surface area contributed by atoms with E-state index in [1.54, 1.807) is 35.4 Å². The van der Waals surface area contributed by atoms with E-state index in [0.717, 1.165) is 23.6 Å². The second kappa shape index (κ2) is 12.3. The van der Waals surface area contributed by atoms with Gasteiger partial charge in [-0.1, -0.05) is 46.4 Å². The number of rotatable bonds is 6. The zero-order chi connectivity index (χ0) is 29.3. The van der Waals surface area contributed by atoms with Gasteiger partial charge >= 0.3 is 0 Å². The summed E-state index contributed by atoms with van der Waals surface area (Å²) in [5.41, 5.74) is 0.647. The number of hydrogen-bond donors (Lipinski definition) is 3. The Bertz CT molecular complexity index is 1490. The number of nitro benzene ring substituents is 1. The van der Waals surface area contributed by atoms with Crippen LogP contribution in [0.2, 0.25) is 5.02 Å². The molecule has 2 fully saturated rings. The number of benzene rings is 2. The molecule has 0 unspecified atom stereocenters. The van der Waals surface area contributed by atoms with E-state index in [2.05, 4.69) is 36.9 Å². The lowest BCUT2D eigenvalue weighted by molar-refractivity contribution is -0.384. The zero-order valence-electron chi connectivity index (χ0n) is 22.8. The molecule has 2 heterocycles. The standard InChI is InChI=1S/C29H32BrClN6O4/c1-16-14-36(15-17(2)33-16)29(39)22-10-19(30)11-26(37(40)41)27(22)34-24-5-3-4-6-25(24)35-28(38)23-13-32-12-18-9-20(31)7-8-21(18)23/h7-13,16-17,24-25,33-34H,3-6,14-15H2,1-2H3,(H,35,38)/t16-,17+,24-,25+/m1/s1. The summed E-state index contributed by atoms with van der Waals surface area (Å²) in [5.74, 6) is -0.552. The molecule has 41 heavy (non-hydrogen) atoms. The van der Waals surface area contributed by atoms with E-state index in [4.69, 9.17) is 11.6 Å².